The average molecular weight is 755 g/mol. The van der Waals surface area contributed by atoms with Crippen molar-refractivity contribution < 1.29 is 48.4 Å². The fourth-order valence-electron chi connectivity index (χ4n) is 5.56. The highest BCUT2D eigenvalue weighted by atomic mass is 35.5. The molecule has 0 radical (unpaired) electrons. The minimum atomic E-state index is -4.62. The summed E-state index contributed by atoms with van der Waals surface area (Å²) in [6, 6.07) is 6.63. The summed E-state index contributed by atoms with van der Waals surface area (Å²) >= 11 is 12.6. The summed E-state index contributed by atoms with van der Waals surface area (Å²) in [6.07, 6.45) is 2.09. The molecule has 0 saturated carbocycles. The van der Waals surface area contributed by atoms with Crippen LogP contribution in [0.5, 0.6) is 0 Å². The van der Waals surface area contributed by atoms with Crippen LogP contribution in [0.3, 0.4) is 0 Å². The third-order valence-corrected chi connectivity index (χ3v) is 9.94. The number of hydrogen-bond donors (Lipinski definition) is 2. The number of methoxy groups -OCH3 is 1. The topological polar surface area (TPSA) is 133 Å². The van der Waals surface area contributed by atoms with Crippen LogP contribution in [0.1, 0.15) is 31.2 Å². The van der Waals surface area contributed by atoms with E-state index in [1.54, 1.807) is 48.1 Å². The van der Waals surface area contributed by atoms with Crippen molar-refractivity contribution in [2.75, 3.05) is 41.5 Å². The zero-order chi connectivity index (χ0) is 35.6. The molecule has 0 saturated heterocycles. The Morgan fingerprint density at radius 3 is 2.06 bits per heavy atom. The Hall–Kier alpha value is -3.28. The summed E-state index contributed by atoms with van der Waals surface area (Å²) in [7, 11) is -5.48. The molecule has 0 amide bonds. The molecular formula is C30H34Cl2F3N4O7S2+. The highest BCUT2D eigenvalue weighted by Gasteiger charge is 2.35. The lowest BCUT2D eigenvalue weighted by Crippen LogP contribution is -2.33. The molecule has 2 N–H and O–H groups in total. The Balaban J connectivity index is 1.76. The quantitative estimate of drug-likeness (QED) is 0.0923. The van der Waals surface area contributed by atoms with Crippen LogP contribution >= 0.6 is 23.2 Å². The van der Waals surface area contributed by atoms with Crippen LogP contribution in [0, 0.1) is 0 Å². The SMILES string of the molecule is CCN1\C(=C/C=C/C=C(\OC)c2n(CCCS(=O)(=O)O)c3cc(C(F)(F)F)ccc3[n+]2C)N(CCCS(=O)(=O)O)c2cc(Cl)c(Cl)cc21. The first-order valence-corrected chi connectivity index (χ1v) is 18.5. The molecule has 1 aromatic heterocycles. The zero-order valence-corrected chi connectivity index (χ0v) is 29.2. The van der Waals surface area contributed by atoms with E-state index in [0.717, 1.165) is 17.8 Å². The summed E-state index contributed by atoms with van der Waals surface area (Å²) < 4.78 is 114. The maximum Gasteiger partial charge on any atom is 0.416 e. The van der Waals surface area contributed by atoms with Crippen LogP contribution in [0.4, 0.5) is 24.5 Å². The summed E-state index contributed by atoms with van der Waals surface area (Å²) in [4.78, 5) is 3.80. The number of allylic oxidation sites excluding steroid dienone is 4. The van der Waals surface area contributed by atoms with Gasteiger partial charge in [0.25, 0.3) is 20.2 Å². The van der Waals surface area contributed by atoms with E-state index in [2.05, 4.69) is 0 Å². The van der Waals surface area contributed by atoms with E-state index in [-0.39, 0.29) is 37.2 Å². The molecule has 0 bridgehead atoms. The van der Waals surface area contributed by atoms with Crippen molar-refractivity contribution in [1.29, 1.82) is 0 Å². The second-order valence-electron chi connectivity index (χ2n) is 10.8. The van der Waals surface area contributed by atoms with E-state index >= 15 is 0 Å². The van der Waals surface area contributed by atoms with Crippen molar-refractivity contribution in [3.8, 4) is 0 Å². The van der Waals surface area contributed by atoms with Crippen molar-refractivity contribution >= 4 is 71.6 Å². The summed E-state index contributed by atoms with van der Waals surface area (Å²) in [5.41, 5.74) is 1.16. The van der Waals surface area contributed by atoms with Gasteiger partial charge in [-0.15, -0.1) is 0 Å². The molecule has 0 aliphatic carbocycles. The van der Waals surface area contributed by atoms with Crippen LogP contribution in [0.15, 0.2) is 60.5 Å². The van der Waals surface area contributed by atoms with Gasteiger partial charge in [-0.3, -0.25) is 9.11 Å². The number of anilines is 2. The molecule has 0 fully saturated rings. The molecule has 1 aliphatic rings. The van der Waals surface area contributed by atoms with Crippen molar-refractivity contribution in [3.05, 3.63) is 81.9 Å². The lowest BCUT2D eigenvalue weighted by atomic mass is 10.2. The van der Waals surface area contributed by atoms with E-state index in [1.165, 1.54) is 17.7 Å². The maximum atomic E-state index is 13.6. The number of nitrogens with zero attached hydrogens (tertiary/aromatic N) is 4. The average Bonchev–Trinajstić information content (AvgIpc) is 3.41. The van der Waals surface area contributed by atoms with Gasteiger partial charge in [-0.05, 0) is 49.8 Å². The molecule has 11 nitrogen and oxygen atoms in total. The maximum absolute atomic E-state index is 13.6. The van der Waals surface area contributed by atoms with E-state index in [1.807, 2.05) is 16.7 Å². The van der Waals surface area contributed by atoms with E-state index in [9.17, 15) is 39.1 Å². The molecule has 0 atom stereocenters. The van der Waals surface area contributed by atoms with Crippen LogP contribution in [-0.2, 0) is 44.7 Å². The normalized spacial score (nSPS) is 15.4. The number of aromatic nitrogens is 2. The van der Waals surface area contributed by atoms with Crippen LogP contribution < -0.4 is 14.4 Å². The third kappa shape index (κ3) is 8.65. The predicted octanol–water partition coefficient (Wildman–Crippen LogP) is 6.08. The lowest BCUT2D eigenvalue weighted by molar-refractivity contribution is -0.649. The molecule has 0 unspecified atom stereocenters. The first-order valence-electron chi connectivity index (χ1n) is 14.5. The number of halogens is 5. The number of fused-ring (bicyclic) bond motifs is 2. The minimum Gasteiger partial charge on any atom is -0.489 e. The molecule has 18 heteroatoms. The smallest absolute Gasteiger partial charge is 0.416 e. The fourth-order valence-corrected chi connectivity index (χ4v) is 6.86. The van der Waals surface area contributed by atoms with Gasteiger partial charge in [0.1, 0.15) is 5.82 Å². The minimum absolute atomic E-state index is 0.0460. The van der Waals surface area contributed by atoms with Crippen LogP contribution in [0.25, 0.3) is 16.8 Å². The Kier molecular flexibility index (Phi) is 11.5. The van der Waals surface area contributed by atoms with Crippen molar-refractivity contribution in [3.63, 3.8) is 0 Å². The number of aryl methyl sites for hydroxylation is 2. The summed E-state index contributed by atoms with van der Waals surface area (Å²) in [5.74, 6) is 0.208. The number of hydrogen-bond acceptors (Lipinski definition) is 7. The van der Waals surface area contributed by atoms with Crippen molar-refractivity contribution in [2.24, 2.45) is 7.05 Å². The zero-order valence-electron chi connectivity index (χ0n) is 26.1. The summed E-state index contributed by atoms with van der Waals surface area (Å²) in [6.45, 7) is 2.60. The number of ether oxygens (including phenoxy) is 1. The molecule has 4 rings (SSSR count). The van der Waals surface area contributed by atoms with Gasteiger partial charge in [0.15, 0.2) is 11.0 Å². The van der Waals surface area contributed by atoms with E-state index in [0.29, 0.717) is 39.4 Å². The lowest BCUT2D eigenvalue weighted by Gasteiger charge is -2.24. The number of alkyl halides is 3. The number of rotatable bonds is 13. The molecule has 2 aromatic carbocycles. The number of benzene rings is 2. The van der Waals surface area contributed by atoms with Crippen LogP contribution in [0.2, 0.25) is 10.0 Å². The fraction of sp³-hybridized carbons (Fsp3) is 0.367. The monoisotopic (exact) mass is 753 g/mol. The van der Waals surface area contributed by atoms with E-state index in [4.69, 9.17) is 27.9 Å². The Morgan fingerprint density at radius 2 is 1.52 bits per heavy atom. The molecular weight excluding hydrogens is 720 g/mol. The largest absolute Gasteiger partial charge is 0.489 e. The van der Waals surface area contributed by atoms with Gasteiger partial charge < -0.3 is 14.5 Å². The first kappa shape index (κ1) is 37.5. The first-order chi connectivity index (χ1) is 22.4. The van der Waals surface area contributed by atoms with Gasteiger partial charge in [-0.1, -0.05) is 35.4 Å². The molecule has 2 heterocycles. The van der Waals surface area contributed by atoms with Gasteiger partial charge in [-0.25, -0.2) is 9.13 Å². The molecule has 262 valence electrons. The Bertz CT molecular complexity index is 2010. The van der Waals surface area contributed by atoms with Gasteiger partial charge >= 0.3 is 12.0 Å². The van der Waals surface area contributed by atoms with Gasteiger partial charge in [0, 0.05) is 25.6 Å². The van der Waals surface area contributed by atoms with Gasteiger partial charge in [0.05, 0.1) is 59.2 Å². The highest BCUT2D eigenvalue weighted by Crippen LogP contribution is 2.45. The summed E-state index contributed by atoms with van der Waals surface area (Å²) in [5, 5.41) is 0.635. The second kappa shape index (κ2) is 14.7. The second-order valence-corrected chi connectivity index (χ2v) is 14.8. The number of imidazole rings is 1. The predicted molar refractivity (Wildman–Crippen MR) is 179 cm³/mol. The van der Waals surface area contributed by atoms with Gasteiger partial charge in [0.2, 0.25) is 5.76 Å². The molecule has 1 aliphatic heterocycles. The van der Waals surface area contributed by atoms with Crippen molar-refractivity contribution in [2.45, 2.75) is 32.5 Å². The third-order valence-electron chi connectivity index (χ3n) is 7.61. The van der Waals surface area contributed by atoms with Crippen molar-refractivity contribution in [1.82, 2.24) is 4.57 Å². The Labute approximate surface area is 286 Å². The standard InChI is InChI=1S/C30H33Cl2F3N4O7S2/c1-4-37-25-18-21(31)22(32)19-26(25)38(13-7-15-47(40,41)42)28(37)10-6-5-9-27(46-3)29-36(2)23-12-11-20(30(33,34)35)17-24(23)39(29)14-8-16-48(43,44)45/h5-6,9-12,17-19H,4,7-8,13-16H2,1-3H3,(H-,40,41,42,43,44,45)/p+1. The Morgan fingerprint density at radius 1 is 0.938 bits per heavy atom. The van der Waals surface area contributed by atoms with Crippen LogP contribution in [-0.4, -0.2) is 62.2 Å². The van der Waals surface area contributed by atoms with E-state index < -0.39 is 43.5 Å². The molecule has 48 heavy (non-hydrogen) atoms. The highest BCUT2D eigenvalue weighted by molar-refractivity contribution is 7.86. The molecule has 0 spiro atoms. The molecule has 3 aromatic rings. The van der Waals surface area contributed by atoms with Gasteiger partial charge in [-0.2, -0.15) is 30.0 Å².